The zero-order valence-corrected chi connectivity index (χ0v) is 13.6. The largest absolute Gasteiger partial charge is 0.439 e. The Hall–Kier alpha value is -2.33. The summed E-state index contributed by atoms with van der Waals surface area (Å²) in [5, 5.41) is 0.488. The maximum atomic E-state index is 13.2. The summed E-state index contributed by atoms with van der Waals surface area (Å²) in [6.07, 6.45) is 0. The van der Waals surface area contributed by atoms with Gasteiger partial charge in [0.2, 0.25) is 5.60 Å². The van der Waals surface area contributed by atoms with Crippen molar-refractivity contribution in [2.24, 2.45) is 0 Å². The number of amides is 1. The molecule has 1 aliphatic heterocycles. The molecule has 0 fully saturated rings. The topological polar surface area (TPSA) is 46.6 Å². The van der Waals surface area contributed by atoms with Crippen molar-refractivity contribution in [1.82, 2.24) is 0 Å². The molecule has 0 saturated heterocycles. The van der Waals surface area contributed by atoms with Crippen LogP contribution in [0.2, 0.25) is 5.02 Å². The highest BCUT2D eigenvalue weighted by atomic mass is 35.5. The molecule has 1 atom stereocenters. The number of carbonyl (C=O) groups excluding carboxylic acids is 2. The average molecular weight is 330 g/mol. The van der Waals surface area contributed by atoms with Crippen LogP contribution in [0.1, 0.15) is 25.0 Å². The smallest absolute Gasteiger partial charge is 0.304 e. The fraction of sp³-hybridized carbons (Fsp3) is 0.222. The molecule has 23 heavy (non-hydrogen) atoms. The summed E-state index contributed by atoms with van der Waals surface area (Å²) in [5.41, 5.74) is 0.438. The van der Waals surface area contributed by atoms with Crippen LogP contribution in [-0.2, 0) is 19.9 Å². The number of hydrogen-bond acceptors (Lipinski definition) is 3. The third-order valence-electron chi connectivity index (χ3n) is 3.97. The second-order valence-electron chi connectivity index (χ2n) is 5.35. The number of fused-ring (bicyclic) bond motifs is 1. The first-order valence-corrected chi connectivity index (χ1v) is 7.75. The molecule has 0 aliphatic carbocycles. The first kappa shape index (κ1) is 15.6. The van der Waals surface area contributed by atoms with E-state index < -0.39 is 11.6 Å². The van der Waals surface area contributed by atoms with Gasteiger partial charge in [0, 0.05) is 29.6 Å². The molecule has 0 bridgehead atoms. The monoisotopic (exact) mass is 329 g/mol. The SMILES string of the molecule is CCN1C(=O)C(OC(C)=O)(c2ccccc2)c2cc(Cl)ccc21. The number of benzene rings is 2. The number of anilines is 1. The quantitative estimate of drug-likeness (QED) is 0.809. The normalized spacial score (nSPS) is 19.6. The molecule has 1 unspecified atom stereocenters. The Morgan fingerprint density at radius 1 is 1.22 bits per heavy atom. The number of likely N-dealkylation sites (N-methyl/N-ethyl adjacent to an activating group) is 1. The fourth-order valence-electron chi connectivity index (χ4n) is 3.08. The highest BCUT2D eigenvalue weighted by Crippen LogP contribution is 2.47. The zero-order chi connectivity index (χ0) is 16.6. The van der Waals surface area contributed by atoms with Crippen molar-refractivity contribution in [3.63, 3.8) is 0 Å². The highest BCUT2D eigenvalue weighted by Gasteiger charge is 2.55. The molecule has 1 amide bonds. The summed E-state index contributed by atoms with van der Waals surface area (Å²) in [5.74, 6) is -0.801. The molecule has 1 heterocycles. The van der Waals surface area contributed by atoms with Gasteiger partial charge in [0.05, 0.1) is 5.69 Å². The van der Waals surface area contributed by atoms with Crippen molar-refractivity contribution in [2.75, 3.05) is 11.4 Å². The van der Waals surface area contributed by atoms with E-state index in [4.69, 9.17) is 16.3 Å². The van der Waals surface area contributed by atoms with Gasteiger partial charge in [0.1, 0.15) is 0 Å². The van der Waals surface area contributed by atoms with E-state index in [0.29, 0.717) is 28.4 Å². The van der Waals surface area contributed by atoms with E-state index in [1.165, 1.54) is 6.92 Å². The molecule has 3 rings (SSSR count). The molecule has 2 aromatic carbocycles. The lowest BCUT2D eigenvalue weighted by Crippen LogP contribution is -2.44. The Morgan fingerprint density at radius 2 is 1.91 bits per heavy atom. The van der Waals surface area contributed by atoms with Gasteiger partial charge in [0.25, 0.3) is 5.91 Å². The lowest BCUT2D eigenvalue weighted by atomic mass is 9.87. The number of rotatable bonds is 3. The number of halogens is 1. The Kier molecular flexibility index (Phi) is 3.86. The number of nitrogens with zero attached hydrogens (tertiary/aromatic N) is 1. The molecule has 4 nitrogen and oxygen atoms in total. The van der Waals surface area contributed by atoms with E-state index in [2.05, 4.69) is 0 Å². The molecule has 0 saturated carbocycles. The van der Waals surface area contributed by atoms with E-state index in [9.17, 15) is 9.59 Å². The van der Waals surface area contributed by atoms with Crippen molar-refractivity contribution >= 4 is 29.2 Å². The third kappa shape index (κ3) is 2.30. The highest BCUT2D eigenvalue weighted by molar-refractivity contribution is 6.31. The van der Waals surface area contributed by atoms with Crippen molar-refractivity contribution in [3.8, 4) is 0 Å². The first-order valence-electron chi connectivity index (χ1n) is 7.37. The van der Waals surface area contributed by atoms with E-state index in [1.54, 1.807) is 35.2 Å². The molecular weight excluding hydrogens is 314 g/mol. The summed E-state index contributed by atoms with van der Waals surface area (Å²) >= 11 is 6.14. The Balaban J connectivity index is 2.33. The molecule has 2 aromatic rings. The fourth-order valence-corrected chi connectivity index (χ4v) is 3.25. The first-order chi connectivity index (χ1) is 11.0. The molecule has 0 aromatic heterocycles. The van der Waals surface area contributed by atoms with Crippen molar-refractivity contribution in [3.05, 3.63) is 64.7 Å². The summed E-state index contributed by atoms with van der Waals surface area (Å²) in [7, 11) is 0. The molecule has 1 aliphatic rings. The van der Waals surface area contributed by atoms with Gasteiger partial charge in [-0.25, -0.2) is 0 Å². The second-order valence-corrected chi connectivity index (χ2v) is 5.79. The van der Waals surface area contributed by atoms with Crippen LogP contribution < -0.4 is 4.90 Å². The number of carbonyl (C=O) groups is 2. The van der Waals surface area contributed by atoms with Gasteiger partial charge in [-0.05, 0) is 25.1 Å². The number of ether oxygens (including phenoxy) is 1. The van der Waals surface area contributed by atoms with E-state index in [-0.39, 0.29) is 5.91 Å². The standard InChI is InChI=1S/C18H16ClNO3/c1-3-20-16-10-9-14(19)11-15(16)18(17(20)22,23-12(2)21)13-7-5-4-6-8-13/h4-11H,3H2,1-2H3. The van der Waals surface area contributed by atoms with E-state index in [1.807, 2.05) is 25.1 Å². The molecule has 0 N–H and O–H groups in total. The third-order valence-corrected chi connectivity index (χ3v) is 4.20. The zero-order valence-electron chi connectivity index (χ0n) is 12.9. The Labute approximate surface area is 139 Å². The van der Waals surface area contributed by atoms with Crippen LogP contribution >= 0.6 is 11.6 Å². The average Bonchev–Trinajstić information content (AvgIpc) is 2.77. The van der Waals surface area contributed by atoms with Gasteiger partial charge < -0.3 is 9.64 Å². The lowest BCUT2D eigenvalue weighted by Gasteiger charge is -2.28. The molecule has 5 heteroatoms. The van der Waals surface area contributed by atoms with Crippen molar-refractivity contribution < 1.29 is 14.3 Å². The van der Waals surface area contributed by atoms with Crippen LogP contribution in [0.15, 0.2) is 48.5 Å². The van der Waals surface area contributed by atoms with E-state index >= 15 is 0 Å². The van der Waals surface area contributed by atoms with Gasteiger partial charge in [0.15, 0.2) is 0 Å². The molecule has 0 radical (unpaired) electrons. The van der Waals surface area contributed by atoms with Gasteiger partial charge in [-0.2, -0.15) is 0 Å². The minimum Gasteiger partial charge on any atom is -0.439 e. The summed E-state index contributed by atoms with van der Waals surface area (Å²) in [6, 6.07) is 14.2. The molecule has 0 spiro atoms. The lowest BCUT2D eigenvalue weighted by molar-refractivity contribution is -0.161. The van der Waals surface area contributed by atoms with Crippen LogP contribution in [0.5, 0.6) is 0 Å². The van der Waals surface area contributed by atoms with Gasteiger partial charge in [-0.3, -0.25) is 9.59 Å². The minimum absolute atomic E-state index is 0.279. The van der Waals surface area contributed by atoms with Crippen LogP contribution in [0.25, 0.3) is 0 Å². The van der Waals surface area contributed by atoms with Crippen LogP contribution in [-0.4, -0.2) is 18.4 Å². The molecule has 118 valence electrons. The summed E-state index contributed by atoms with van der Waals surface area (Å²) < 4.78 is 5.62. The summed E-state index contributed by atoms with van der Waals surface area (Å²) in [4.78, 5) is 26.6. The maximum absolute atomic E-state index is 13.2. The maximum Gasteiger partial charge on any atom is 0.304 e. The summed E-state index contributed by atoms with van der Waals surface area (Å²) in [6.45, 7) is 3.66. The predicted octanol–water partition coefficient (Wildman–Crippen LogP) is 3.51. The van der Waals surface area contributed by atoms with Gasteiger partial charge in [-0.15, -0.1) is 0 Å². The number of esters is 1. The van der Waals surface area contributed by atoms with Gasteiger partial charge in [-0.1, -0.05) is 41.9 Å². The van der Waals surface area contributed by atoms with Crippen LogP contribution in [0.4, 0.5) is 5.69 Å². The molecular formula is C18H16ClNO3. The predicted molar refractivity (Wildman–Crippen MR) is 88.5 cm³/mol. The van der Waals surface area contributed by atoms with Crippen molar-refractivity contribution in [2.45, 2.75) is 19.4 Å². The van der Waals surface area contributed by atoms with Crippen LogP contribution in [0.3, 0.4) is 0 Å². The van der Waals surface area contributed by atoms with E-state index in [0.717, 1.165) is 0 Å². The second kappa shape index (κ2) is 5.70. The Morgan fingerprint density at radius 3 is 2.52 bits per heavy atom. The van der Waals surface area contributed by atoms with Gasteiger partial charge >= 0.3 is 5.97 Å². The Bertz CT molecular complexity index is 775. The minimum atomic E-state index is -1.48. The number of hydrogen-bond donors (Lipinski definition) is 0. The van der Waals surface area contributed by atoms with Crippen molar-refractivity contribution in [1.29, 1.82) is 0 Å². The van der Waals surface area contributed by atoms with Crippen LogP contribution in [0, 0.1) is 0 Å².